The fourth-order valence-corrected chi connectivity index (χ4v) is 9.12. The summed E-state index contributed by atoms with van der Waals surface area (Å²) < 4.78 is 5.34. The molecule has 34 heavy (non-hydrogen) atoms. The predicted molar refractivity (Wildman–Crippen MR) is 130 cm³/mol. The number of ether oxygens (including phenoxy) is 1. The summed E-state index contributed by atoms with van der Waals surface area (Å²) in [5.41, 5.74) is 1.20. The molecule has 0 saturated heterocycles. The van der Waals surface area contributed by atoms with Crippen molar-refractivity contribution in [3.05, 3.63) is 24.3 Å². The van der Waals surface area contributed by atoms with Crippen molar-refractivity contribution >= 4 is 16.8 Å². The van der Waals surface area contributed by atoms with Crippen LogP contribution < -0.4 is 0 Å². The highest BCUT2D eigenvalue weighted by molar-refractivity contribution is 5.82. The van der Waals surface area contributed by atoms with Gasteiger partial charge in [0.2, 0.25) is 0 Å². The van der Waals surface area contributed by atoms with Gasteiger partial charge < -0.3 is 9.84 Å². The molecular formula is C28H39N3O3. The topological polar surface area (TPSA) is 77.2 Å². The van der Waals surface area contributed by atoms with E-state index in [1.54, 1.807) is 11.9 Å². The summed E-state index contributed by atoms with van der Waals surface area (Å²) >= 11 is 0. The van der Waals surface area contributed by atoms with Gasteiger partial charge in [0.15, 0.2) is 5.78 Å². The Morgan fingerprint density at radius 2 is 1.76 bits per heavy atom. The molecule has 1 N–H and O–H groups in total. The van der Waals surface area contributed by atoms with E-state index in [-0.39, 0.29) is 11.3 Å². The molecule has 0 spiro atoms. The van der Waals surface area contributed by atoms with E-state index in [1.165, 1.54) is 25.7 Å². The maximum atomic E-state index is 13.5. The summed E-state index contributed by atoms with van der Waals surface area (Å²) in [6.45, 7) is 3.18. The van der Waals surface area contributed by atoms with Gasteiger partial charge in [0, 0.05) is 13.0 Å². The van der Waals surface area contributed by atoms with Crippen molar-refractivity contribution in [1.82, 2.24) is 15.0 Å². The van der Waals surface area contributed by atoms with E-state index >= 15 is 0 Å². The number of hydrogen-bond acceptors (Lipinski definition) is 5. The summed E-state index contributed by atoms with van der Waals surface area (Å²) in [7, 11) is 1.70. The lowest BCUT2D eigenvalue weighted by Gasteiger charge is -2.57. The van der Waals surface area contributed by atoms with Gasteiger partial charge in [-0.1, -0.05) is 19.1 Å². The SMILES string of the molecule is COC[C@@]1(O)CC[C@H]2C(CC[C@@H]3[C@@H]2CC[C@]2(C)[C@H](C(=O)Cn4nc5ccccc5n4)CC[C@@H]32)C1. The van der Waals surface area contributed by atoms with E-state index in [0.29, 0.717) is 30.8 Å². The molecule has 2 aromatic rings. The highest BCUT2D eigenvalue weighted by atomic mass is 16.5. The molecule has 0 bridgehead atoms. The smallest absolute Gasteiger partial charge is 0.159 e. The van der Waals surface area contributed by atoms with E-state index in [2.05, 4.69) is 17.1 Å². The van der Waals surface area contributed by atoms with Crippen LogP contribution in [0.5, 0.6) is 0 Å². The van der Waals surface area contributed by atoms with Gasteiger partial charge in [0.1, 0.15) is 17.6 Å². The summed E-state index contributed by atoms with van der Waals surface area (Å²) in [4.78, 5) is 15.1. The Morgan fingerprint density at radius 1 is 1.03 bits per heavy atom. The van der Waals surface area contributed by atoms with E-state index in [1.807, 2.05) is 24.3 Å². The van der Waals surface area contributed by atoms with Crippen LogP contribution in [0.3, 0.4) is 0 Å². The Hall–Kier alpha value is -1.79. The number of carbonyl (C=O) groups is 1. The number of aliphatic hydroxyl groups is 1. The first-order chi connectivity index (χ1) is 16.4. The number of hydrogen-bond donors (Lipinski definition) is 1. The van der Waals surface area contributed by atoms with E-state index in [9.17, 15) is 9.90 Å². The number of nitrogens with zero attached hydrogens (tertiary/aromatic N) is 3. The normalized spacial score (nSPS) is 41.6. The van der Waals surface area contributed by atoms with Gasteiger partial charge >= 0.3 is 0 Å². The molecule has 8 atom stereocenters. The van der Waals surface area contributed by atoms with Crippen molar-refractivity contribution in [2.24, 2.45) is 40.9 Å². The second-order valence-corrected chi connectivity index (χ2v) is 12.2. The van der Waals surface area contributed by atoms with Gasteiger partial charge in [-0.3, -0.25) is 4.79 Å². The standard InChI is InChI=1S/C28H39N3O3/c1-27-13-11-20-19-12-14-28(33,17-34-2)15-18(19)7-8-21(20)22(27)9-10-23(27)26(32)16-31-29-24-5-3-4-6-25(24)30-31/h3-6,18-23,33H,7-17H2,1-2H3/t18?,19-,20+,21+,22-,23-,27-,28+/m0/s1. The Balaban J connectivity index is 1.16. The molecule has 6 rings (SSSR count). The number of Topliss-reactive ketones (excluding diaryl/α,β-unsaturated/α-hetero) is 1. The third-order valence-electron chi connectivity index (χ3n) is 10.5. The van der Waals surface area contributed by atoms with Crippen molar-refractivity contribution in [2.45, 2.75) is 76.9 Å². The van der Waals surface area contributed by atoms with Gasteiger partial charge in [0.25, 0.3) is 0 Å². The number of benzene rings is 1. The first-order valence-corrected chi connectivity index (χ1v) is 13.4. The summed E-state index contributed by atoms with van der Waals surface area (Å²) in [5, 5.41) is 20.1. The summed E-state index contributed by atoms with van der Waals surface area (Å²) in [6, 6.07) is 7.83. The zero-order valence-electron chi connectivity index (χ0n) is 20.7. The molecular weight excluding hydrogens is 426 g/mol. The highest BCUT2D eigenvalue weighted by Gasteiger charge is 2.59. The number of aromatic nitrogens is 3. The minimum Gasteiger partial charge on any atom is -0.387 e. The number of fused-ring (bicyclic) bond motifs is 6. The van der Waals surface area contributed by atoms with Crippen LogP contribution in [0.2, 0.25) is 0 Å². The van der Waals surface area contributed by atoms with E-state index in [4.69, 9.17) is 4.74 Å². The van der Waals surface area contributed by atoms with Gasteiger partial charge in [-0.05, 0) is 105 Å². The monoisotopic (exact) mass is 465 g/mol. The van der Waals surface area contributed by atoms with Crippen LogP contribution in [0.1, 0.15) is 64.7 Å². The van der Waals surface area contributed by atoms with Crippen molar-refractivity contribution in [3.63, 3.8) is 0 Å². The molecule has 4 aliphatic rings. The molecule has 0 aliphatic heterocycles. The Morgan fingerprint density at radius 3 is 2.50 bits per heavy atom. The van der Waals surface area contributed by atoms with Crippen LogP contribution in [0.25, 0.3) is 11.0 Å². The lowest BCUT2D eigenvalue weighted by Crippen LogP contribution is -2.52. The molecule has 6 nitrogen and oxygen atoms in total. The molecule has 1 aromatic carbocycles. The molecule has 1 aromatic heterocycles. The lowest BCUT2D eigenvalue weighted by atomic mass is 9.49. The zero-order valence-corrected chi connectivity index (χ0v) is 20.7. The number of rotatable bonds is 5. The second-order valence-electron chi connectivity index (χ2n) is 12.2. The molecule has 0 amide bonds. The van der Waals surface area contributed by atoms with Gasteiger partial charge in [-0.15, -0.1) is 0 Å². The molecule has 4 aliphatic carbocycles. The van der Waals surface area contributed by atoms with Crippen LogP contribution in [0.4, 0.5) is 0 Å². The van der Waals surface area contributed by atoms with Crippen molar-refractivity contribution in [1.29, 1.82) is 0 Å². The first kappa shape index (κ1) is 22.7. The minimum atomic E-state index is -0.623. The van der Waals surface area contributed by atoms with Crippen LogP contribution >= 0.6 is 0 Å². The van der Waals surface area contributed by atoms with Gasteiger partial charge in [-0.2, -0.15) is 15.0 Å². The van der Waals surface area contributed by atoms with Crippen LogP contribution in [0, 0.1) is 40.9 Å². The predicted octanol–water partition coefficient (Wildman–Crippen LogP) is 4.65. The fraction of sp³-hybridized carbons (Fsp3) is 0.750. The molecule has 4 saturated carbocycles. The van der Waals surface area contributed by atoms with E-state index in [0.717, 1.165) is 60.9 Å². The molecule has 0 radical (unpaired) electrons. The fourth-order valence-electron chi connectivity index (χ4n) is 9.12. The molecule has 1 unspecified atom stereocenters. The summed E-state index contributed by atoms with van der Waals surface area (Å²) in [5.74, 6) is 4.01. The van der Waals surface area contributed by atoms with Crippen molar-refractivity contribution in [2.75, 3.05) is 13.7 Å². The Bertz CT molecular complexity index is 1040. The second kappa shape index (κ2) is 8.41. The third-order valence-corrected chi connectivity index (χ3v) is 10.5. The number of ketones is 1. The van der Waals surface area contributed by atoms with Crippen LogP contribution in [-0.4, -0.2) is 45.2 Å². The number of carbonyl (C=O) groups excluding carboxylic acids is 1. The van der Waals surface area contributed by atoms with Gasteiger partial charge in [0.05, 0.1) is 12.2 Å². The summed E-state index contributed by atoms with van der Waals surface area (Å²) in [6.07, 6.45) is 10.0. The van der Waals surface area contributed by atoms with Gasteiger partial charge in [-0.25, -0.2) is 0 Å². The average molecular weight is 466 g/mol. The Kier molecular flexibility index (Phi) is 5.60. The zero-order chi connectivity index (χ0) is 23.5. The molecule has 184 valence electrons. The minimum absolute atomic E-state index is 0.114. The van der Waals surface area contributed by atoms with Crippen molar-refractivity contribution < 1.29 is 14.6 Å². The maximum absolute atomic E-state index is 13.5. The van der Waals surface area contributed by atoms with Crippen LogP contribution in [-0.2, 0) is 16.1 Å². The first-order valence-electron chi connectivity index (χ1n) is 13.4. The van der Waals surface area contributed by atoms with E-state index < -0.39 is 5.60 Å². The lowest BCUT2D eigenvalue weighted by molar-refractivity contribution is -0.137. The van der Waals surface area contributed by atoms with Crippen LogP contribution in [0.15, 0.2) is 24.3 Å². The third kappa shape index (κ3) is 3.63. The number of methoxy groups -OCH3 is 1. The quantitative estimate of drug-likeness (QED) is 0.696. The Labute approximate surface area is 202 Å². The largest absolute Gasteiger partial charge is 0.387 e. The van der Waals surface area contributed by atoms with Crippen molar-refractivity contribution in [3.8, 4) is 0 Å². The molecule has 6 heteroatoms. The maximum Gasteiger partial charge on any atom is 0.159 e. The average Bonchev–Trinajstić information content (AvgIpc) is 3.38. The molecule has 1 heterocycles. The molecule has 4 fully saturated rings. The highest BCUT2D eigenvalue weighted by Crippen LogP contribution is 2.64.